The second-order valence-electron chi connectivity index (χ2n) is 8.34. The summed E-state index contributed by atoms with van der Waals surface area (Å²) in [6, 6.07) is 8.09. The summed E-state index contributed by atoms with van der Waals surface area (Å²) in [4.78, 5) is 0. The second-order valence-corrected chi connectivity index (χ2v) is 8.34. The Balaban J connectivity index is 1.66. The van der Waals surface area contributed by atoms with Crippen LogP contribution in [0.2, 0.25) is 0 Å². The minimum absolute atomic E-state index is 0.0445. The van der Waals surface area contributed by atoms with E-state index in [1.807, 2.05) is 6.92 Å². The van der Waals surface area contributed by atoms with Gasteiger partial charge in [0.1, 0.15) is 5.82 Å². The smallest absolute Gasteiger partial charge is 0.200 e. The molecule has 0 aromatic heterocycles. The zero-order chi connectivity index (χ0) is 22.4. The van der Waals surface area contributed by atoms with Crippen molar-refractivity contribution < 1.29 is 23.0 Å². The lowest BCUT2D eigenvalue weighted by atomic mass is 9.75. The molecule has 0 spiro atoms. The summed E-state index contributed by atoms with van der Waals surface area (Å²) in [5.41, 5.74) is 1.61. The molecule has 1 aliphatic carbocycles. The van der Waals surface area contributed by atoms with Crippen molar-refractivity contribution in [3.8, 4) is 5.75 Å². The standard InChI is InChI=1S/C26H31F3O2/c1-3-5-15-31-24-14-13-21(25(28)26(24)29)18-9-7-17(8-10-18)20-12-11-19(16-22(20)27)23(30)6-4-2/h3,11-14,16-18,23,30H,1,4-10,15H2,2H3. The summed E-state index contributed by atoms with van der Waals surface area (Å²) >= 11 is 0. The molecule has 0 radical (unpaired) electrons. The number of aliphatic hydroxyl groups excluding tert-OH is 1. The van der Waals surface area contributed by atoms with Crippen LogP contribution in [0, 0.1) is 17.5 Å². The van der Waals surface area contributed by atoms with Gasteiger partial charge in [0.05, 0.1) is 12.7 Å². The lowest BCUT2D eigenvalue weighted by Crippen LogP contribution is -2.15. The molecule has 2 aromatic carbocycles. The van der Waals surface area contributed by atoms with Gasteiger partial charge in [0.15, 0.2) is 11.6 Å². The lowest BCUT2D eigenvalue weighted by Gasteiger charge is -2.30. The van der Waals surface area contributed by atoms with Crippen molar-refractivity contribution in [1.82, 2.24) is 0 Å². The Bertz CT molecular complexity index is 888. The molecular formula is C26H31F3O2. The van der Waals surface area contributed by atoms with Gasteiger partial charge in [-0.1, -0.05) is 37.6 Å². The zero-order valence-electron chi connectivity index (χ0n) is 18.0. The Labute approximate surface area is 182 Å². The fraction of sp³-hybridized carbons (Fsp3) is 0.462. The van der Waals surface area contributed by atoms with Crippen LogP contribution in [0.5, 0.6) is 5.75 Å². The predicted octanol–water partition coefficient (Wildman–Crippen LogP) is 7.33. The third kappa shape index (κ3) is 5.51. The quantitative estimate of drug-likeness (QED) is 0.332. The van der Waals surface area contributed by atoms with Crippen LogP contribution in [0.25, 0.3) is 0 Å². The molecule has 0 amide bonds. The van der Waals surface area contributed by atoms with Crippen LogP contribution < -0.4 is 4.74 Å². The van der Waals surface area contributed by atoms with Gasteiger partial charge in [0.25, 0.3) is 0 Å². The van der Waals surface area contributed by atoms with E-state index in [1.165, 1.54) is 12.1 Å². The van der Waals surface area contributed by atoms with Crippen LogP contribution in [0.4, 0.5) is 13.2 Å². The van der Waals surface area contributed by atoms with Crippen molar-refractivity contribution in [2.75, 3.05) is 6.61 Å². The van der Waals surface area contributed by atoms with E-state index in [0.717, 1.165) is 6.42 Å². The van der Waals surface area contributed by atoms with E-state index < -0.39 is 17.7 Å². The Morgan fingerprint density at radius 2 is 1.68 bits per heavy atom. The molecular weight excluding hydrogens is 401 g/mol. The monoisotopic (exact) mass is 432 g/mol. The lowest BCUT2D eigenvalue weighted by molar-refractivity contribution is 0.166. The molecule has 1 aliphatic rings. The highest BCUT2D eigenvalue weighted by Gasteiger charge is 2.28. The van der Waals surface area contributed by atoms with Gasteiger partial charge in [-0.05, 0) is 79.2 Å². The normalized spacial score (nSPS) is 19.8. The molecule has 1 saturated carbocycles. The highest BCUT2D eigenvalue weighted by atomic mass is 19.2. The summed E-state index contributed by atoms with van der Waals surface area (Å²) in [6.07, 6.45) is 5.73. The van der Waals surface area contributed by atoms with Crippen molar-refractivity contribution >= 4 is 0 Å². The van der Waals surface area contributed by atoms with Crippen molar-refractivity contribution in [2.24, 2.45) is 0 Å². The minimum atomic E-state index is -0.948. The molecule has 3 rings (SSSR count). The molecule has 168 valence electrons. The van der Waals surface area contributed by atoms with Gasteiger partial charge in [0, 0.05) is 0 Å². The van der Waals surface area contributed by atoms with Crippen LogP contribution in [0.3, 0.4) is 0 Å². The van der Waals surface area contributed by atoms with E-state index in [9.17, 15) is 18.3 Å². The van der Waals surface area contributed by atoms with Gasteiger partial charge >= 0.3 is 0 Å². The summed E-state index contributed by atoms with van der Waals surface area (Å²) < 4.78 is 49.1. The molecule has 1 fully saturated rings. The van der Waals surface area contributed by atoms with Gasteiger partial charge in [-0.15, -0.1) is 6.58 Å². The molecule has 0 bridgehead atoms. The minimum Gasteiger partial charge on any atom is -0.490 e. The Kier molecular flexibility index (Phi) is 8.19. The van der Waals surface area contributed by atoms with Crippen molar-refractivity contribution in [3.63, 3.8) is 0 Å². The van der Waals surface area contributed by atoms with E-state index in [0.29, 0.717) is 55.2 Å². The molecule has 0 heterocycles. The molecule has 5 heteroatoms. The number of aliphatic hydroxyl groups is 1. The highest BCUT2D eigenvalue weighted by molar-refractivity contribution is 5.34. The molecule has 1 N–H and O–H groups in total. The van der Waals surface area contributed by atoms with E-state index in [2.05, 4.69) is 6.58 Å². The molecule has 1 unspecified atom stereocenters. The van der Waals surface area contributed by atoms with Gasteiger partial charge < -0.3 is 9.84 Å². The number of halogens is 3. The Hall–Kier alpha value is -2.27. The summed E-state index contributed by atoms with van der Waals surface area (Å²) in [5, 5.41) is 10.1. The second kappa shape index (κ2) is 10.9. The summed E-state index contributed by atoms with van der Waals surface area (Å²) in [7, 11) is 0. The predicted molar refractivity (Wildman–Crippen MR) is 117 cm³/mol. The van der Waals surface area contributed by atoms with E-state index >= 15 is 0 Å². The molecule has 31 heavy (non-hydrogen) atoms. The third-order valence-corrected chi connectivity index (χ3v) is 6.23. The third-order valence-electron chi connectivity index (χ3n) is 6.23. The maximum atomic E-state index is 14.7. The number of ether oxygens (including phenoxy) is 1. The first-order valence-electron chi connectivity index (χ1n) is 11.1. The molecule has 2 aromatic rings. The van der Waals surface area contributed by atoms with Crippen LogP contribution in [-0.2, 0) is 0 Å². The maximum absolute atomic E-state index is 14.7. The SMILES string of the molecule is C=CCCOc1ccc(C2CCC(c3ccc(C(O)CCC)cc3F)CC2)c(F)c1F. The average Bonchev–Trinajstić information content (AvgIpc) is 2.77. The maximum Gasteiger partial charge on any atom is 0.200 e. The molecule has 1 atom stereocenters. The van der Waals surface area contributed by atoms with Crippen molar-refractivity contribution in [1.29, 1.82) is 0 Å². The Morgan fingerprint density at radius 3 is 2.29 bits per heavy atom. The van der Waals surface area contributed by atoms with Gasteiger partial charge in [-0.3, -0.25) is 0 Å². The van der Waals surface area contributed by atoms with Crippen LogP contribution in [-0.4, -0.2) is 11.7 Å². The number of hydrogen-bond donors (Lipinski definition) is 1. The van der Waals surface area contributed by atoms with Crippen molar-refractivity contribution in [2.45, 2.75) is 69.8 Å². The van der Waals surface area contributed by atoms with E-state index in [4.69, 9.17) is 4.74 Å². The van der Waals surface area contributed by atoms with Gasteiger partial charge in [-0.25, -0.2) is 8.78 Å². The van der Waals surface area contributed by atoms with E-state index in [-0.39, 0.29) is 30.0 Å². The first-order valence-corrected chi connectivity index (χ1v) is 11.1. The average molecular weight is 433 g/mol. The first-order chi connectivity index (χ1) is 15.0. The number of benzene rings is 2. The van der Waals surface area contributed by atoms with Crippen molar-refractivity contribution in [3.05, 3.63) is 77.1 Å². The van der Waals surface area contributed by atoms with Crippen LogP contribution in [0.15, 0.2) is 43.0 Å². The van der Waals surface area contributed by atoms with Gasteiger partial charge in [-0.2, -0.15) is 4.39 Å². The Morgan fingerprint density at radius 1 is 1.03 bits per heavy atom. The summed E-state index contributed by atoms with van der Waals surface area (Å²) in [5.74, 6) is -2.22. The zero-order valence-corrected chi connectivity index (χ0v) is 18.0. The number of hydrogen-bond acceptors (Lipinski definition) is 2. The molecule has 0 aliphatic heterocycles. The van der Waals surface area contributed by atoms with Crippen LogP contribution >= 0.6 is 0 Å². The van der Waals surface area contributed by atoms with Crippen LogP contribution in [0.1, 0.15) is 86.5 Å². The number of rotatable bonds is 9. The highest BCUT2D eigenvalue weighted by Crippen LogP contribution is 2.43. The largest absolute Gasteiger partial charge is 0.490 e. The molecule has 0 saturated heterocycles. The summed E-state index contributed by atoms with van der Waals surface area (Å²) in [6.45, 7) is 5.81. The molecule has 2 nitrogen and oxygen atoms in total. The van der Waals surface area contributed by atoms with E-state index in [1.54, 1.807) is 24.3 Å². The fourth-order valence-corrected chi connectivity index (χ4v) is 4.46. The topological polar surface area (TPSA) is 29.5 Å². The first kappa shape index (κ1) is 23.4. The fourth-order valence-electron chi connectivity index (χ4n) is 4.46. The van der Waals surface area contributed by atoms with Gasteiger partial charge in [0.2, 0.25) is 5.82 Å².